The number of nitrogens with one attached hydrogen (secondary N) is 1. The molecule has 2 N–H and O–H groups in total. The minimum absolute atomic E-state index is 0.124. The Morgan fingerprint density at radius 3 is 2.87 bits per heavy atom. The predicted octanol–water partition coefficient (Wildman–Crippen LogP) is 2.27. The molecule has 0 atom stereocenters. The second-order valence-corrected chi connectivity index (χ2v) is 3.86. The molecule has 0 aliphatic heterocycles. The molecule has 80 valence electrons. The highest BCUT2D eigenvalue weighted by Crippen LogP contribution is 2.32. The lowest BCUT2D eigenvalue weighted by atomic mass is 10.2. The molecule has 1 aliphatic carbocycles. The van der Waals surface area contributed by atoms with E-state index < -0.39 is 5.82 Å². The topological polar surface area (TPSA) is 49.3 Å². The van der Waals surface area contributed by atoms with Gasteiger partial charge in [-0.15, -0.1) is 0 Å². The van der Waals surface area contributed by atoms with Crippen molar-refractivity contribution in [2.45, 2.75) is 19.3 Å². The Morgan fingerprint density at radius 1 is 1.53 bits per heavy atom. The van der Waals surface area contributed by atoms with E-state index in [0.29, 0.717) is 12.3 Å². The Morgan fingerprint density at radius 2 is 2.27 bits per heavy atom. The number of amides is 1. The zero-order valence-electron chi connectivity index (χ0n) is 8.16. The fourth-order valence-electron chi connectivity index (χ4n) is 1.39. The molecule has 1 fully saturated rings. The Hall–Kier alpha value is -1.58. The van der Waals surface area contributed by atoms with Gasteiger partial charge in [0.2, 0.25) is 5.91 Å². The number of halogens is 1. The van der Waals surface area contributed by atoms with Gasteiger partial charge in [-0.3, -0.25) is 4.79 Å². The van der Waals surface area contributed by atoms with Crippen LogP contribution in [-0.2, 0) is 4.79 Å². The average Bonchev–Trinajstić information content (AvgIpc) is 2.94. The van der Waals surface area contributed by atoms with E-state index >= 15 is 0 Å². The van der Waals surface area contributed by atoms with E-state index in [1.165, 1.54) is 12.1 Å². The third-order valence-corrected chi connectivity index (χ3v) is 2.40. The van der Waals surface area contributed by atoms with Gasteiger partial charge in [-0.2, -0.15) is 0 Å². The number of rotatable bonds is 3. The molecule has 1 amide bonds. The summed E-state index contributed by atoms with van der Waals surface area (Å²) < 4.78 is 13.2. The van der Waals surface area contributed by atoms with Gasteiger partial charge in [0, 0.05) is 12.5 Å². The summed E-state index contributed by atoms with van der Waals surface area (Å²) in [5.74, 6) is -0.445. The number of aromatic hydroxyl groups is 1. The molecular formula is C11H12FNO2. The van der Waals surface area contributed by atoms with Crippen LogP contribution in [0.15, 0.2) is 18.2 Å². The van der Waals surface area contributed by atoms with Gasteiger partial charge in [-0.1, -0.05) is 0 Å². The number of benzene rings is 1. The van der Waals surface area contributed by atoms with E-state index in [1.807, 2.05) is 0 Å². The van der Waals surface area contributed by atoms with Crippen molar-refractivity contribution in [2.24, 2.45) is 5.92 Å². The lowest BCUT2D eigenvalue weighted by Gasteiger charge is -2.05. The van der Waals surface area contributed by atoms with Crippen LogP contribution in [0.3, 0.4) is 0 Å². The summed E-state index contributed by atoms with van der Waals surface area (Å²) in [5.41, 5.74) is 0.124. The van der Waals surface area contributed by atoms with Crippen molar-refractivity contribution in [3.63, 3.8) is 0 Å². The fourth-order valence-corrected chi connectivity index (χ4v) is 1.39. The van der Waals surface area contributed by atoms with Crippen LogP contribution < -0.4 is 5.32 Å². The Kier molecular flexibility index (Phi) is 2.58. The van der Waals surface area contributed by atoms with Gasteiger partial charge in [0.1, 0.15) is 11.6 Å². The first-order chi connectivity index (χ1) is 7.15. The smallest absolute Gasteiger partial charge is 0.224 e. The molecule has 0 unspecified atom stereocenters. The molecule has 1 saturated carbocycles. The highest BCUT2D eigenvalue weighted by Gasteiger charge is 2.24. The van der Waals surface area contributed by atoms with Crippen molar-refractivity contribution in [3.8, 4) is 5.75 Å². The number of phenols is 1. The molecular weight excluding hydrogens is 197 g/mol. The first-order valence-corrected chi connectivity index (χ1v) is 4.93. The molecule has 0 saturated heterocycles. The molecule has 1 aromatic rings. The monoisotopic (exact) mass is 209 g/mol. The minimum Gasteiger partial charge on any atom is -0.508 e. The fraction of sp³-hybridized carbons (Fsp3) is 0.364. The van der Waals surface area contributed by atoms with Gasteiger partial charge in [-0.25, -0.2) is 4.39 Å². The maximum Gasteiger partial charge on any atom is 0.224 e. The van der Waals surface area contributed by atoms with E-state index in [2.05, 4.69) is 5.32 Å². The van der Waals surface area contributed by atoms with Gasteiger partial charge in [0.25, 0.3) is 0 Å². The molecule has 2 rings (SSSR count). The van der Waals surface area contributed by atoms with Crippen LogP contribution in [0.5, 0.6) is 5.75 Å². The van der Waals surface area contributed by atoms with E-state index in [-0.39, 0.29) is 17.3 Å². The van der Waals surface area contributed by atoms with Crippen molar-refractivity contribution >= 4 is 11.6 Å². The zero-order valence-corrected chi connectivity index (χ0v) is 8.16. The van der Waals surface area contributed by atoms with E-state index in [4.69, 9.17) is 5.11 Å². The molecule has 0 bridgehead atoms. The molecule has 1 aliphatic rings. The van der Waals surface area contributed by atoms with Crippen LogP contribution in [-0.4, -0.2) is 11.0 Å². The third kappa shape index (κ3) is 2.68. The van der Waals surface area contributed by atoms with Crippen molar-refractivity contribution in [1.29, 1.82) is 0 Å². The molecule has 15 heavy (non-hydrogen) atoms. The van der Waals surface area contributed by atoms with Crippen molar-refractivity contribution in [1.82, 2.24) is 0 Å². The van der Waals surface area contributed by atoms with Gasteiger partial charge in [0.05, 0.1) is 5.69 Å². The summed E-state index contributed by atoms with van der Waals surface area (Å²) in [6.07, 6.45) is 2.64. The average molecular weight is 209 g/mol. The molecule has 4 heteroatoms. The molecule has 0 radical (unpaired) electrons. The van der Waals surface area contributed by atoms with Gasteiger partial charge in [0.15, 0.2) is 0 Å². The number of carbonyl (C=O) groups excluding carboxylic acids is 1. The van der Waals surface area contributed by atoms with Crippen LogP contribution in [0.2, 0.25) is 0 Å². The van der Waals surface area contributed by atoms with Gasteiger partial charge >= 0.3 is 0 Å². The summed E-state index contributed by atoms with van der Waals surface area (Å²) in [7, 11) is 0. The first kappa shape index (κ1) is 9.96. The minimum atomic E-state index is -0.612. The maximum atomic E-state index is 13.2. The highest BCUT2D eigenvalue weighted by atomic mass is 19.1. The summed E-state index contributed by atoms with van der Waals surface area (Å²) in [5, 5.41) is 11.5. The van der Waals surface area contributed by atoms with Gasteiger partial charge < -0.3 is 10.4 Å². The van der Waals surface area contributed by atoms with E-state index in [9.17, 15) is 9.18 Å². The number of hydrogen-bond donors (Lipinski definition) is 2. The second-order valence-electron chi connectivity index (χ2n) is 3.86. The van der Waals surface area contributed by atoms with E-state index in [1.54, 1.807) is 0 Å². The molecule has 1 aromatic carbocycles. The lowest BCUT2D eigenvalue weighted by Crippen LogP contribution is -2.12. The van der Waals surface area contributed by atoms with Crippen molar-refractivity contribution in [3.05, 3.63) is 24.0 Å². The molecule has 3 nitrogen and oxygen atoms in total. The van der Waals surface area contributed by atoms with Crippen LogP contribution >= 0.6 is 0 Å². The Balaban J connectivity index is 1.99. The molecule has 0 spiro atoms. The Bertz CT molecular complexity index is 388. The molecule has 0 aromatic heterocycles. The van der Waals surface area contributed by atoms with Gasteiger partial charge in [-0.05, 0) is 30.9 Å². The largest absolute Gasteiger partial charge is 0.508 e. The van der Waals surface area contributed by atoms with Crippen LogP contribution in [0.1, 0.15) is 19.3 Å². The quantitative estimate of drug-likeness (QED) is 0.750. The lowest BCUT2D eigenvalue weighted by molar-refractivity contribution is -0.116. The SMILES string of the molecule is O=C(CC1CC1)Nc1ccc(O)cc1F. The van der Waals surface area contributed by atoms with E-state index in [0.717, 1.165) is 18.9 Å². The summed E-state index contributed by atoms with van der Waals surface area (Å²) in [6, 6.07) is 3.68. The summed E-state index contributed by atoms with van der Waals surface area (Å²) in [4.78, 5) is 11.4. The normalized spacial score (nSPS) is 15.0. The number of carbonyl (C=O) groups is 1. The Labute approximate surface area is 86.9 Å². The number of phenolic OH excluding ortho intramolecular Hbond substituents is 1. The standard InChI is InChI=1S/C11H12FNO2/c12-9-6-8(14)3-4-10(9)13-11(15)5-7-1-2-7/h3-4,6-7,14H,1-2,5H2,(H,13,15). The predicted molar refractivity (Wildman–Crippen MR) is 54.0 cm³/mol. The number of anilines is 1. The summed E-state index contributed by atoms with van der Waals surface area (Å²) >= 11 is 0. The van der Waals surface area contributed by atoms with Crippen LogP contribution in [0, 0.1) is 11.7 Å². The molecule has 0 heterocycles. The second kappa shape index (κ2) is 3.88. The first-order valence-electron chi connectivity index (χ1n) is 4.93. The number of hydrogen-bond acceptors (Lipinski definition) is 2. The third-order valence-electron chi connectivity index (χ3n) is 2.40. The van der Waals surface area contributed by atoms with Crippen molar-refractivity contribution in [2.75, 3.05) is 5.32 Å². The highest BCUT2D eigenvalue weighted by molar-refractivity contribution is 5.91. The zero-order chi connectivity index (χ0) is 10.8. The van der Waals surface area contributed by atoms with Crippen molar-refractivity contribution < 1.29 is 14.3 Å². The van der Waals surface area contributed by atoms with Crippen LogP contribution in [0.25, 0.3) is 0 Å². The maximum absolute atomic E-state index is 13.2. The summed E-state index contributed by atoms with van der Waals surface area (Å²) in [6.45, 7) is 0. The van der Waals surface area contributed by atoms with Crippen LogP contribution in [0.4, 0.5) is 10.1 Å².